The Hall–Kier alpha value is -2.18. The standard InChI is InChI=1S/C19H27N5O2/c1-13-16-17(20-12-21-19(16)26-23-13)24-10-6-7-14(11-24)18(25)22-15-8-4-2-3-5-9-15/h12,14-15H,2-11H2,1H3,(H,22,25)/t14-/m0/s1. The first-order valence-electron chi connectivity index (χ1n) is 9.84. The largest absolute Gasteiger partial charge is 0.355 e. The molecule has 1 atom stereocenters. The van der Waals surface area contributed by atoms with Gasteiger partial charge in [0.05, 0.1) is 11.6 Å². The third-order valence-electron chi connectivity index (χ3n) is 5.72. The molecule has 7 nitrogen and oxygen atoms in total. The highest BCUT2D eigenvalue weighted by Gasteiger charge is 2.29. The smallest absolute Gasteiger partial charge is 0.263 e. The molecule has 0 spiro atoms. The molecule has 2 aromatic heterocycles. The van der Waals surface area contributed by atoms with Crippen LogP contribution in [-0.4, -0.2) is 40.2 Å². The number of rotatable bonds is 3. The van der Waals surface area contributed by atoms with Crippen LogP contribution in [0, 0.1) is 12.8 Å². The Morgan fingerprint density at radius 3 is 2.77 bits per heavy atom. The molecule has 1 aliphatic heterocycles. The van der Waals surface area contributed by atoms with Crippen LogP contribution in [0.3, 0.4) is 0 Å². The van der Waals surface area contributed by atoms with E-state index in [1.165, 1.54) is 32.0 Å². The molecule has 2 aromatic rings. The predicted molar refractivity (Wildman–Crippen MR) is 98.9 cm³/mol. The van der Waals surface area contributed by atoms with Crippen molar-refractivity contribution in [2.45, 2.75) is 64.3 Å². The van der Waals surface area contributed by atoms with Gasteiger partial charge in [-0.1, -0.05) is 30.8 Å². The molecular weight excluding hydrogens is 330 g/mol. The van der Waals surface area contributed by atoms with Gasteiger partial charge in [0, 0.05) is 19.1 Å². The molecule has 2 aliphatic rings. The number of hydrogen-bond donors (Lipinski definition) is 1. The third-order valence-corrected chi connectivity index (χ3v) is 5.72. The van der Waals surface area contributed by atoms with Crippen molar-refractivity contribution < 1.29 is 9.32 Å². The highest BCUT2D eigenvalue weighted by molar-refractivity contribution is 5.88. The molecule has 0 unspecified atom stereocenters. The van der Waals surface area contributed by atoms with Crippen molar-refractivity contribution in [1.29, 1.82) is 0 Å². The lowest BCUT2D eigenvalue weighted by Gasteiger charge is -2.33. The SMILES string of the molecule is Cc1noc2ncnc(N3CCC[C@H](C(=O)NC4CCCCCC4)C3)c12. The number of hydrogen-bond acceptors (Lipinski definition) is 6. The number of aryl methyl sites for hydroxylation is 1. The minimum Gasteiger partial charge on any atom is -0.355 e. The summed E-state index contributed by atoms with van der Waals surface area (Å²) in [6.45, 7) is 3.48. The van der Waals surface area contributed by atoms with E-state index in [1.54, 1.807) is 0 Å². The zero-order valence-electron chi connectivity index (χ0n) is 15.4. The second-order valence-corrected chi connectivity index (χ2v) is 7.63. The minimum atomic E-state index is 0.0113. The monoisotopic (exact) mass is 357 g/mol. The minimum absolute atomic E-state index is 0.0113. The van der Waals surface area contributed by atoms with Crippen LogP contribution in [-0.2, 0) is 4.79 Å². The first kappa shape index (κ1) is 17.2. The summed E-state index contributed by atoms with van der Waals surface area (Å²) in [6, 6.07) is 0.353. The number of amides is 1. The fourth-order valence-corrected chi connectivity index (χ4v) is 4.27. The molecule has 1 saturated carbocycles. The molecule has 140 valence electrons. The van der Waals surface area contributed by atoms with Gasteiger partial charge in [0.15, 0.2) is 0 Å². The van der Waals surface area contributed by atoms with Crippen LogP contribution in [0.1, 0.15) is 57.1 Å². The summed E-state index contributed by atoms with van der Waals surface area (Å²) in [4.78, 5) is 23.6. The molecule has 1 saturated heterocycles. The Morgan fingerprint density at radius 1 is 1.15 bits per heavy atom. The van der Waals surface area contributed by atoms with Crippen LogP contribution in [0.4, 0.5) is 5.82 Å². The van der Waals surface area contributed by atoms with Crippen LogP contribution < -0.4 is 10.2 Å². The molecule has 1 N–H and O–H groups in total. The van der Waals surface area contributed by atoms with Gasteiger partial charge in [-0.25, -0.2) is 4.98 Å². The van der Waals surface area contributed by atoms with Crippen molar-refractivity contribution in [3.63, 3.8) is 0 Å². The van der Waals surface area contributed by atoms with Crippen LogP contribution in [0.25, 0.3) is 11.1 Å². The van der Waals surface area contributed by atoms with Gasteiger partial charge in [0.1, 0.15) is 17.5 Å². The third kappa shape index (κ3) is 3.52. The number of carbonyl (C=O) groups is 1. The average molecular weight is 357 g/mol. The molecule has 4 rings (SSSR count). The summed E-state index contributed by atoms with van der Waals surface area (Å²) < 4.78 is 5.26. The maximum absolute atomic E-state index is 12.8. The lowest BCUT2D eigenvalue weighted by molar-refractivity contribution is -0.126. The van der Waals surface area contributed by atoms with E-state index in [4.69, 9.17) is 4.52 Å². The van der Waals surface area contributed by atoms with Gasteiger partial charge in [-0.3, -0.25) is 4.79 Å². The van der Waals surface area contributed by atoms with E-state index in [1.807, 2.05) is 6.92 Å². The molecule has 1 amide bonds. The number of anilines is 1. The molecule has 2 fully saturated rings. The van der Waals surface area contributed by atoms with Crippen molar-refractivity contribution in [3.8, 4) is 0 Å². The predicted octanol–water partition coefficient (Wildman–Crippen LogP) is 2.98. The summed E-state index contributed by atoms with van der Waals surface area (Å²) in [5.74, 6) is 1.05. The van der Waals surface area contributed by atoms with E-state index in [9.17, 15) is 4.79 Å². The van der Waals surface area contributed by atoms with Crippen molar-refractivity contribution in [1.82, 2.24) is 20.4 Å². The first-order chi connectivity index (χ1) is 12.7. The van der Waals surface area contributed by atoms with Crippen LogP contribution in [0.5, 0.6) is 0 Å². The molecule has 26 heavy (non-hydrogen) atoms. The number of nitrogens with zero attached hydrogens (tertiary/aromatic N) is 4. The fourth-order valence-electron chi connectivity index (χ4n) is 4.27. The van der Waals surface area contributed by atoms with Crippen LogP contribution in [0.2, 0.25) is 0 Å². The molecule has 0 bridgehead atoms. The summed E-state index contributed by atoms with van der Waals surface area (Å²) in [5.41, 5.74) is 1.30. The summed E-state index contributed by atoms with van der Waals surface area (Å²) in [5, 5.41) is 8.18. The van der Waals surface area contributed by atoms with Crippen LogP contribution in [0.15, 0.2) is 10.9 Å². The van der Waals surface area contributed by atoms with Gasteiger partial charge in [-0.05, 0) is 32.6 Å². The Morgan fingerprint density at radius 2 is 1.96 bits per heavy atom. The summed E-state index contributed by atoms with van der Waals surface area (Å²) in [7, 11) is 0. The number of nitrogens with one attached hydrogen (secondary N) is 1. The quantitative estimate of drug-likeness (QED) is 0.850. The zero-order valence-corrected chi connectivity index (χ0v) is 15.4. The molecule has 1 aliphatic carbocycles. The average Bonchev–Trinajstić information content (AvgIpc) is 2.88. The van der Waals surface area contributed by atoms with Gasteiger partial charge >= 0.3 is 0 Å². The topological polar surface area (TPSA) is 84.2 Å². The van der Waals surface area contributed by atoms with Gasteiger partial charge in [0.25, 0.3) is 5.71 Å². The number of aromatic nitrogens is 3. The van der Waals surface area contributed by atoms with Gasteiger partial charge in [-0.2, -0.15) is 4.98 Å². The van der Waals surface area contributed by atoms with Gasteiger partial charge < -0.3 is 14.7 Å². The van der Waals surface area contributed by atoms with Crippen molar-refractivity contribution >= 4 is 22.8 Å². The number of piperidine rings is 1. The number of fused-ring (bicyclic) bond motifs is 1. The van der Waals surface area contributed by atoms with Crippen molar-refractivity contribution in [2.75, 3.05) is 18.0 Å². The Labute approximate surface area is 153 Å². The lowest BCUT2D eigenvalue weighted by Crippen LogP contribution is -2.46. The maximum atomic E-state index is 12.8. The van der Waals surface area contributed by atoms with Gasteiger partial charge in [-0.15, -0.1) is 0 Å². The molecule has 3 heterocycles. The molecule has 0 aromatic carbocycles. The zero-order chi connectivity index (χ0) is 17.9. The van der Waals surface area contributed by atoms with Crippen LogP contribution >= 0.6 is 0 Å². The first-order valence-corrected chi connectivity index (χ1v) is 9.84. The van der Waals surface area contributed by atoms with E-state index in [-0.39, 0.29) is 11.8 Å². The molecular formula is C19H27N5O2. The van der Waals surface area contributed by atoms with E-state index >= 15 is 0 Å². The highest BCUT2D eigenvalue weighted by atomic mass is 16.5. The molecule has 0 radical (unpaired) electrons. The fraction of sp³-hybridized carbons (Fsp3) is 0.684. The number of carbonyl (C=O) groups excluding carboxylic acids is 1. The van der Waals surface area contributed by atoms with Gasteiger partial charge in [0.2, 0.25) is 5.91 Å². The second-order valence-electron chi connectivity index (χ2n) is 7.63. The Balaban J connectivity index is 1.46. The van der Waals surface area contributed by atoms with Crippen molar-refractivity contribution in [2.24, 2.45) is 5.92 Å². The van der Waals surface area contributed by atoms with E-state index < -0.39 is 0 Å². The van der Waals surface area contributed by atoms with E-state index in [0.29, 0.717) is 18.3 Å². The normalized spacial score (nSPS) is 22.3. The maximum Gasteiger partial charge on any atom is 0.263 e. The van der Waals surface area contributed by atoms with Crippen molar-refractivity contribution in [3.05, 3.63) is 12.0 Å². The highest BCUT2D eigenvalue weighted by Crippen LogP contribution is 2.29. The molecule has 7 heteroatoms. The summed E-state index contributed by atoms with van der Waals surface area (Å²) >= 11 is 0. The second kappa shape index (κ2) is 7.60. The lowest BCUT2D eigenvalue weighted by atomic mass is 9.96. The van der Waals surface area contributed by atoms with E-state index in [0.717, 1.165) is 49.1 Å². The Kier molecular flexibility index (Phi) is 5.04. The Bertz CT molecular complexity index is 766. The summed E-state index contributed by atoms with van der Waals surface area (Å²) in [6.07, 6.45) is 10.7. The van der Waals surface area contributed by atoms with E-state index in [2.05, 4.69) is 25.3 Å².